The highest BCUT2D eigenvalue weighted by molar-refractivity contribution is 7.89. The molecule has 102 valence electrons. The minimum Gasteiger partial charge on any atom is -0.394 e. The van der Waals surface area contributed by atoms with Crippen LogP contribution >= 0.6 is 0 Å². The number of hydrogen-bond donors (Lipinski definition) is 4. The molecule has 0 saturated carbocycles. The zero-order valence-corrected chi connectivity index (χ0v) is 10.8. The molecule has 4 N–H and O–H groups in total. The van der Waals surface area contributed by atoms with Gasteiger partial charge in [0.1, 0.15) is 5.54 Å². The van der Waals surface area contributed by atoms with Gasteiger partial charge < -0.3 is 15.3 Å². The predicted octanol–water partition coefficient (Wildman–Crippen LogP) is -1.01. The molecule has 0 aromatic heterocycles. The molecular weight excluding hydrogens is 258 g/mol. The molecule has 0 aliphatic heterocycles. The molecule has 0 unspecified atom stereocenters. The Bertz CT molecular complexity index is 488. The zero-order valence-electron chi connectivity index (χ0n) is 10.00. The van der Waals surface area contributed by atoms with Crippen LogP contribution in [0.25, 0.3) is 0 Å². The fourth-order valence-electron chi connectivity index (χ4n) is 1.37. The Kier molecular flexibility index (Phi) is 4.83. The zero-order chi connectivity index (χ0) is 13.8. The van der Waals surface area contributed by atoms with Gasteiger partial charge in [-0.25, -0.2) is 8.42 Å². The molecule has 0 radical (unpaired) electrons. The van der Waals surface area contributed by atoms with Crippen molar-refractivity contribution < 1.29 is 23.7 Å². The van der Waals surface area contributed by atoms with Gasteiger partial charge in [0.15, 0.2) is 0 Å². The molecule has 0 atom stereocenters. The Morgan fingerprint density at radius 1 is 1.17 bits per heavy atom. The lowest BCUT2D eigenvalue weighted by atomic mass is 10.1. The highest BCUT2D eigenvalue weighted by Crippen LogP contribution is 2.14. The molecule has 0 bridgehead atoms. The average Bonchev–Trinajstić information content (AvgIpc) is 2.36. The van der Waals surface area contributed by atoms with E-state index >= 15 is 0 Å². The van der Waals surface area contributed by atoms with E-state index in [2.05, 4.69) is 4.72 Å². The Morgan fingerprint density at radius 2 is 1.72 bits per heavy atom. The first-order valence-corrected chi connectivity index (χ1v) is 6.81. The van der Waals surface area contributed by atoms with Gasteiger partial charge in [-0.2, -0.15) is 4.72 Å². The third kappa shape index (κ3) is 3.27. The second kappa shape index (κ2) is 5.77. The van der Waals surface area contributed by atoms with Crippen LogP contribution in [0.2, 0.25) is 0 Å². The third-order valence-corrected chi connectivity index (χ3v) is 4.13. The van der Waals surface area contributed by atoms with Crippen LogP contribution in [0.15, 0.2) is 29.2 Å². The largest absolute Gasteiger partial charge is 0.394 e. The van der Waals surface area contributed by atoms with Gasteiger partial charge in [0, 0.05) is 0 Å². The van der Waals surface area contributed by atoms with E-state index in [1.165, 1.54) is 12.1 Å². The second-order valence-corrected chi connectivity index (χ2v) is 5.86. The summed E-state index contributed by atoms with van der Waals surface area (Å²) in [6.45, 7) is -0.364. The van der Waals surface area contributed by atoms with Crippen molar-refractivity contribution in [1.82, 2.24) is 4.72 Å². The van der Waals surface area contributed by atoms with Crippen LogP contribution in [0.3, 0.4) is 0 Å². The van der Waals surface area contributed by atoms with Crippen LogP contribution < -0.4 is 4.72 Å². The molecule has 6 nitrogen and oxygen atoms in total. The summed E-state index contributed by atoms with van der Waals surface area (Å²) in [4.78, 5) is 0.0159. The normalized spacial score (nSPS) is 12.7. The Balaban J connectivity index is 3.08. The van der Waals surface area contributed by atoms with Crippen molar-refractivity contribution in [2.45, 2.75) is 17.4 Å². The first kappa shape index (κ1) is 15.1. The number of sulfonamides is 1. The molecule has 1 aromatic carbocycles. The summed E-state index contributed by atoms with van der Waals surface area (Å²) in [5.41, 5.74) is -0.900. The minimum atomic E-state index is -3.91. The Labute approximate surface area is 106 Å². The fourth-order valence-corrected chi connectivity index (χ4v) is 2.85. The monoisotopic (exact) mass is 275 g/mol. The van der Waals surface area contributed by atoms with Crippen molar-refractivity contribution >= 4 is 10.0 Å². The van der Waals surface area contributed by atoms with E-state index in [1.807, 2.05) is 0 Å². The molecule has 0 aliphatic rings. The summed E-state index contributed by atoms with van der Waals surface area (Å²) in [6.07, 6.45) is 0. The quantitative estimate of drug-likeness (QED) is 0.532. The van der Waals surface area contributed by atoms with Crippen LogP contribution in [0.5, 0.6) is 0 Å². The number of hydrogen-bond acceptors (Lipinski definition) is 5. The Morgan fingerprint density at radius 3 is 2.17 bits per heavy atom. The third-order valence-electron chi connectivity index (χ3n) is 2.56. The fraction of sp³-hybridized carbons (Fsp3) is 0.455. The lowest BCUT2D eigenvalue weighted by Gasteiger charge is -2.28. The van der Waals surface area contributed by atoms with Crippen molar-refractivity contribution in [3.8, 4) is 0 Å². The van der Waals surface area contributed by atoms with E-state index in [4.69, 9.17) is 15.3 Å². The maximum absolute atomic E-state index is 12.0. The van der Waals surface area contributed by atoms with Gasteiger partial charge in [-0.15, -0.1) is 0 Å². The van der Waals surface area contributed by atoms with Gasteiger partial charge in [-0.3, -0.25) is 0 Å². The maximum Gasteiger partial charge on any atom is 0.241 e. The van der Waals surface area contributed by atoms with E-state index in [-0.39, 0.29) is 4.90 Å². The van der Waals surface area contributed by atoms with Crippen molar-refractivity contribution in [2.24, 2.45) is 0 Å². The lowest BCUT2D eigenvalue weighted by Crippen LogP contribution is -2.56. The molecule has 0 amide bonds. The van der Waals surface area contributed by atoms with E-state index in [9.17, 15) is 8.42 Å². The molecule has 0 heterocycles. The van der Waals surface area contributed by atoms with E-state index in [0.29, 0.717) is 0 Å². The second-order valence-electron chi connectivity index (χ2n) is 4.18. The number of aryl methyl sites for hydroxylation is 1. The van der Waals surface area contributed by atoms with Crippen LogP contribution in [0, 0.1) is 6.92 Å². The summed E-state index contributed by atoms with van der Waals surface area (Å²) in [6, 6.07) is 6.18. The number of aliphatic hydroxyl groups is 3. The maximum atomic E-state index is 12.0. The topological polar surface area (TPSA) is 107 Å². The van der Waals surface area contributed by atoms with E-state index < -0.39 is 35.4 Å². The highest BCUT2D eigenvalue weighted by Gasteiger charge is 2.33. The smallest absolute Gasteiger partial charge is 0.241 e. The first-order valence-electron chi connectivity index (χ1n) is 5.32. The van der Waals surface area contributed by atoms with Crippen molar-refractivity contribution in [3.63, 3.8) is 0 Å². The molecule has 0 saturated heterocycles. The standard InChI is InChI=1S/C11H17NO5S/c1-9-3-2-4-10(5-9)18(16,17)12-11(6-13,7-14)8-15/h2-5,12-15H,6-8H2,1H3. The summed E-state index contributed by atoms with van der Waals surface area (Å²) in [5, 5.41) is 27.3. The van der Waals surface area contributed by atoms with Crippen LogP contribution in [-0.4, -0.2) is 49.1 Å². The number of nitrogens with one attached hydrogen (secondary N) is 1. The minimum absolute atomic E-state index is 0.0159. The SMILES string of the molecule is Cc1cccc(S(=O)(=O)NC(CO)(CO)CO)c1. The van der Waals surface area contributed by atoms with Gasteiger partial charge in [0.25, 0.3) is 0 Å². The van der Waals surface area contributed by atoms with E-state index in [0.717, 1.165) is 5.56 Å². The Hall–Kier alpha value is -0.990. The molecule has 1 aromatic rings. The van der Waals surface area contributed by atoms with Crippen LogP contribution in [0.4, 0.5) is 0 Å². The van der Waals surface area contributed by atoms with Crippen LogP contribution in [-0.2, 0) is 10.0 Å². The van der Waals surface area contributed by atoms with Crippen molar-refractivity contribution in [2.75, 3.05) is 19.8 Å². The summed E-state index contributed by atoms with van der Waals surface area (Å²) < 4.78 is 26.2. The summed E-state index contributed by atoms with van der Waals surface area (Å²) in [7, 11) is -3.91. The molecule has 1 rings (SSSR count). The summed E-state index contributed by atoms with van der Waals surface area (Å²) in [5.74, 6) is 0. The predicted molar refractivity (Wildman–Crippen MR) is 65.5 cm³/mol. The van der Waals surface area contributed by atoms with Crippen molar-refractivity contribution in [1.29, 1.82) is 0 Å². The van der Waals surface area contributed by atoms with Gasteiger partial charge in [0.05, 0.1) is 24.7 Å². The average molecular weight is 275 g/mol. The molecule has 0 aliphatic carbocycles. The molecule has 0 spiro atoms. The van der Waals surface area contributed by atoms with Gasteiger partial charge in [-0.1, -0.05) is 12.1 Å². The molecule has 0 fully saturated rings. The number of benzene rings is 1. The first-order chi connectivity index (χ1) is 8.39. The lowest BCUT2D eigenvalue weighted by molar-refractivity contribution is 0.0582. The number of aliphatic hydroxyl groups excluding tert-OH is 3. The summed E-state index contributed by atoms with van der Waals surface area (Å²) >= 11 is 0. The molecule has 18 heavy (non-hydrogen) atoms. The van der Waals surface area contributed by atoms with Gasteiger partial charge in [0.2, 0.25) is 10.0 Å². The van der Waals surface area contributed by atoms with Gasteiger partial charge in [-0.05, 0) is 24.6 Å². The molecular formula is C11H17NO5S. The number of rotatable bonds is 6. The van der Waals surface area contributed by atoms with Gasteiger partial charge >= 0.3 is 0 Å². The van der Waals surface area contributed by atoms with Crippen molar-refractivity contribution in [3.05, 3.63) is 29.8 Å². The highest BCUT2D eigenvalue weighted by atomic mass is 32.2. The molecule has 7 heteroatoms. The van der Waals surface area contributed by atoms with E-state index in [1.54, 1.807) is 19.1 Å². The van der Waals surface area contributed by atoms with Crippen LogP contribution in [0.1, 0.15) is 5.56 Å².